The molecule has 3 aliphatic carbocycles. The average Bonchev–Trinajstić information content (AvgIpc) is 0.668. The van der Waals surface area contributed by atoms with Crippen molar-refractivity contribution in [3.63, 3.8) is 0 Å². The Bertz CT molecular complexity index is 3790. The second kappa shape index (κ2) is 35.5. The van der Waals surface area contributed by atoms with Crippen molar-refractivity contribution < 1.29 is 106 Å². The van der Waals surface area contributed by atoms with Gasteiger partial charge >= 0.3 is 35.9 Å². The van der Waals surface area contributed by atoms with E-state index in [4.69, 9.17) is 49.0 Å². The number of nitrogens with one attached hydrogen (secondary N) is 8. The number of amides is 6. The summed E-state index contributed by atoms with van der Waals surface area (Å²) in [5, 5.41) is 49.4. The number of nitrogens with two attached hydrogens (primary N) is 1. The molecule has 5 aliphatic rings. The minimum atomic E-state index is -2.41. The van der Waals surface area contributed by atoms with E-state index in [1.807, 2.05) is 0 Å². The predicted octanol–water partition coefficient (Wildman–Crippen LogP) is 3.33. The van der Waals surface area contributed by atoms with Crippen molar-refractivity contribution >= 4 is 98.8 Å². The van der Waals surface area contributed by atoms with Gasteiger partial charge in [0.25, 0.3) is 0 Å². The lowest BCUT2D eigenvalue weighted by molar-refractivity contribution is -0.347. The molecule has 3 aromatic carbocycles. The van der Waals surface area contributed by atoms with E-state index >= 15 is 9.59 Å². The fourth-order valence-corrected chi connectivity index (χ4v) is 16.9. The van der Waals surface area contributed by atoms with Gasteiger partial charge in [0.05, 0.1) is 42.6 Å². The van der Waals surface area contributed by atoms with Crippen LogP contribution in [0.1, 0.15) is 128 Å². The first-order valence-electron chi connectivity index (χ1n) is 34.7. The Hall–Kier alpha value is -9.15. The molecule has 6 amide bonds. The van der Waals surface area contributed by atoms with E-state index in [0.717, 1.165) is 21.6 Å². The van der Waals surface area contributed by atoms with E-state index in [-0.39, 0.29) is 85.0 Å². The number of carboxylic acids is 1. The first-order chi connectivity index (χ1) is 50.1. The Balaban J connectivity index is 1.09. The summed E-state index contributed by atoms with van der Waals surface area (Å²) in [5.74, 6) is -12.5. The average molecular weight is 1510 g/mol. The minimum absolute atomic E-state index is 0.0270. The van der Waals surface area contributed by atoms with Crippen LogP contribution >= 0.6 is 21.6 Å². The number of fused-ring (bicyclic) bond motifs is 5. The molecule has 106 heavy (non-hydrogen) atoms. The molecule has 33 heteroatoms. The van der Waals surface area contributed by atoms with E-state index in [9.17, 15) is 58.2 Å². The number of ether oxygens (including phenoxy) is 8. The number of carbonyl (C=O) groups is 12. The highest BCUT2D eigenvalue weighted by atomic mass is 33.1. The maximum atomic E-state index is 16.1. The molecule has 0 radical (unpaired) electrons. The third kappa shape index (κ3) is 19.3. The van der Waals surface area contributed by atoms with E-state index in [1.165, 1.54) is 33.3 Å². The van der Waals surface area contributed by atoms with E-state index in [0.29, 0.717) is 5.56 Å². The molecule has 2 aliphatic heterocycles. The highest BCUT2D eigenvalue weighted by Crippen LogP contribution is 2.65. The van der Waals surface area contributed by atoms with Gasteiger partial charge in [-0.3, -0.25) is 48.6 Å². The van der Waals surface area contributed by atoms with Gasteiger partial charge in [-0.15, -0.1) is 0 Å². The summed E-state index contributed by atoms with van der Waals surface area (Å²) in [5.41, 5.74) is -2.01. The topological polar surface area (TPSA) is 453 Å². The Labute approximate surface area is 621 Å². The summed E-state index contributed by atoms with van der Waals surface area (Å²) >= 11 is 0. The molecule has 12 N–H and O–H groups in total. The zero-order valence-corrected chi connectivity index (χ0v) is 62.4. The van der Waals surface area contributed by atoms with Gasteiger partial charge in [-0.2, -0.15) is 0 Å². The van der Waals surface area contributed by atoms with Crippen molar-refractivity contribution in [2.24, 2.45) is 22.5 Å². The number of aliphatic hydroxyl groups is 1. The Morgan fingerprint density at radius 3 is 2.02 bits per heavy atom. The standard InChI is InChI=1S/C73H95N9O22S2/c1-39-48(35-73(96)60(102-65(93)43-26-18-13-19-27-43)58-71(8,59(88)56(98-10)54(39)70(73,6)7)49(97-9)34-50-72(58,38-99-50)103-40(2)83)100-66(94)57(55(42-24-16-12-17-25-42)82-68(95)104-69(3,4)5)101-53(87)29-21-31-105-106-37-47-64(92)79-44(28-20-30-76-67(74)75)61(89)77-36-51(84)78-46(33-52(85)86)63(91)80-45(62(90)81-47)32-41-22-14-11-15-23-41/h11-19,22-27,44-50,55-58,60,96H,20-21,28-38H2,1-10H3,(H,77,89)(H,78,84)(H,79,92)(H,80,91)(H,81,90)(H,82,95)(H,85,86)(H4,74,75,76)/t44-,45+,46-,47-,48-,49-,50+,55-,56+,57+,58-,60-,71+,72-,73+/m0/s1. The molecule has 2 saturated carbocycles. The second-order valence-electron chi connectivity index (χ2n) is 28.5. The monoisotopic (exact) mass is 1510 g/mol. The van der Waals surface area contributed by atoms with Gasteiger partial charge in [0.1, 0.15) is 65.8 Å². The highest BCUT2D eigenvalue weighted by molar-refractivity contribution is 8.76. The third-order valence-electron chi connectivity index (χ3n) is 19.8. The van der Waals surface area contributed by atoms with E-state index in [1.54, 1.807) is 127 Å². The first-order valence-corrected chi connectivity index (χ1v) is 37.2. The number of ketones is 1. The predicted molar refractivity (Wildman–Crippen MR) is 383 cm³/mol. The number of Topliss-reactive ketones (excluding diaryl/α,β-unsaturated/α-hetero) is 1. The summed E-state index contributed by atoms with van der Waals surface area (Å²) < 4.78 is 49.7. The quantitative estimate of drug-likeness (QED) is 0.0104. The van der Waals surface area contributed by atoms with Crippen molar-refractivity contribution in [3.8, 4) is 0 Å². The number of hydrogen-bond acceptors (Lipinski definition) is 24. The molecular weight excluding hydrogens is 1420 g/mol. The molecule has 3 aromatic rings. The van der Waals surface area contributed by atoms with Crippen molar-refractivity contribution in [3.05, 3.63) is 119 Å². The van der Waals surface area contributed by atoms with Crippen LogP contribution in [0.5, 0.6) is 0 Å². The summed E-state index contributed by atoms with van der Waals surface area (Å²) in [6, 6.07) is 16.8. The van der Waals surface area contributed by atoms with Gasteiger partial charge < -0.3 is 91.1 Å². The highest BCUT2D eigenvalue weighted by Gasteiger charge is 2.78. The van der Waals surface area contributed by atoms with Crippen molar-refractivity contribution in [2.75, 3.05) is 45.4 Å². The summed E-state index contributed by atoms with van der Waals surface area (Å²) in [6.45, 7) is 11.5. The fourth-order valence-electron chi connectivity index (χ4n) is 14.6. The number of alkyl carbamates (subject to hydrolysis) is 1. The van der Waals surface area contributed by atoms with Gasteiger partial charge in [0.15, 0.2) is 17.3 Å². The zero-order valence-electron chi connectivity index (χ0n) is 60.7. The van der Waals surface area contributed by atoms with Crippen LogP contribution < -0.4 is 43.0 Å². The van der Waals surface area contributed by atoms with Crippen molar-refractivity contribution in [1.82, 2.24) is 37.2 Å². The van der Waals surface area contributed by atoms with E-state index in [2.05, 4.69) is 37.2 Å². The fraction of sp³-hybridized carbons (Fsp3) is 0.548. The number of methoxy groups -OCH3 is 2. The van der Waals surface area contributed by atoms with Crippen LogP contribution in [-0.2, 0) is 92.3 Å². The van der Waals surface area contributed by atoms with Crippen LogP contribution in [0.2, 0.25) is 0 Å². The number of aliphatic carboxylic acids is 1. The SMILES string of the molecule is CO[C@H]1C(=O)[C@]2(C)[C@@H](OC)C[C@H]3OC[C@@]3(OC(C)=O)[C@H]2[C@H](OC(=O)c2ccccc2)[C@]2(O)C[C@H](OC(=O)[C@H](OC(=O)CCCSSC[C@@H]3NC(=O)[C@@H](Cc4ccccc4)NC(=O)[C@H](CC(=O)O)NC(=O)CNC(=O)[C@H](CCCNC(=N)N)NC3=O)[C@@H](NC(=O)OC(C)(C)C)c3ccccc3)C(C)=C1C2(C)C. The largest absolute Gasteiger partial charge is 0.481 e. The number of carboxylic acid groups (broad SMARTS) is 1. The maximum Gasteiger partial charge on any atom is 0.408 e. The van der Waals surface area contributed by atoms with Gasteiger partial charge in [-0.1, -0.05) is 114 Å². The smallest absolute Gasteiger partial charge is 0.408 e. The Morgan fingerprint density at radius 1 is 0.792 bits per heavy atom. The molecule has 0 unspecified atom stereocenters. The van der Waals surface area contributed by atoms with Crippen molar-refractivity contribution in [1.29, 1.82) is 5.41 Å². The lowest BCUT2D eigenvalue weighted by Crippen LogP contribution is -2.82. The Morgan fingerprint density at radius 2 is 1.42 bits per heavy atom. The van der Waals surface area contributed by atoms with Gasteiger partial charge in [0.2, 0.25) is 35.6 Å². The van der Waals surface area contributed by atoms with Crippen LogP contribution in [0.4, 0.5) is 4.79 Å². The summed E-state index contributed by atoms with van der Waals surface area (Å²) in [6.07, 6.45) is -11.9. The number of esters is 4. The van der Waals surface area contributed by atoms with Gasteiger partial charge in [0, 0.05) is 70.3 Å². The molecule has 2 bridgehead atoms. The van der Waals surface area contributed by atoms with Crippen LogP contribution in [0.15, 0.2) is 102 Å². The normalized spacial score (nSPS) is 28.0. The van der Waals surface area contributed by atoms with E-state index < -0.39 is 197 Å². The molecule has 4 fully saturated rings. The molecule has 2 heterocycles. The van der Waals surface area contributed by atoms with Crippen LogP contribution in [0.25, 0.3) is 0 Å². The number of carbonyl (C=O) groups excluding carboxylic acids is 11. The number of guanidine groups is 1. The molecule has 0 aromatic heterocycles. The zero-order chi connectivity index (χ0) is 77.6. The Kier molecular flexibility index (Phi) is 27.6. The molecule has 576 valence electrons. The summed E-state index contributed by atoms with van der Waals surface area (Å²) in [4.78, 5) is 170. The number of hydrogen-bond donors (Lipinski definition) is 11. The molecular formula is C73H95N9O22S2. The van der Waals surface area contributed by atoms with Crippen LogP contribution in [-0.4, -0.2) is 210 Å². The minimum Gasteiger partial charge on any atom is -0.481 e. The second-order valence-corrected chi connectivity index (χ2v) is 31.1. The van der Waals surface area contributed by atoms with Crippen LogP contribution in [0.3, 0.4) is 0 Å². The lowest BCUT2D eigenvalue weighted by Gasteiger charge is -2.67. The number of benzene rings is 3. The molecule has 15 atom stereocenters. The van der Waals surface area contributed by atoms with Crippen LogP contribution in [0, 0.1) is 22.2 Å². The van der Waals surface area contributed by atoms with Gasteiger partial charge in [-0.05, 0) is 88.3 Å². The third-order valence-corrected chi connectivity index (χ3v) is 22.3. The molecule has 8 rings (SSSR count). The van der Waals surface area contributed by atoms with Crippen molar-refractivity contribution in [2.45, 2.75) is 190 Å². The molecule has 0 spiro atoms. The maximum absolute atomic E-state index is 16.1. The molecule has 31 nitrogen and oxygen atoms in total. The summed E-state index contributed by atoms with van der Waals surface area (Å²) in [7, 11) is 4.90. The molecule has 2 saturated heterocycles. The van der Waals surface area contributed by atoms with Gasteiger partial charge in [-0.25, -0.2) is 14.4 Å². The first kappa shape index (κ1) is 82.5. The number of rotatable bonds is 26. The lowest BCUT2D eigenvalue weighted by atomic mass is 9.44.